The molecular weight excluding hydrogens is 436 g/mol. The molecule has 1 atom stereocenters. The quantitative estimate of drug-likeness (QED) is 0.588. The molecule has 0 saturated carbocycles. The van der Waals surface area contributed by atoms with Crippen LogP contribution in [0.15, 0.2) is 60.9 Å². The van der Waals surface area contributed by atoms with Crippen LogP contribution >= 0.6 is 11.6 Å². The minimum absolute atomic E-state index is 0.00888. The summed E-state index contributed by atoms with van der Waals surface area (Å²) in [6.45, 7) is 4.62. The van der Waals surface area contributed by atoms with E-state index in [9.17, 15) is 4.79 Å². The van der Waals surface area contributed by atoms with Crippen LogP contribution in [0, 0.1) is 5.92 Å². The van der Waals surface area contributed by atoms with E-state index in [4.69, 9.17) is 11.6 Å². The highest BCUT2D eigenvalue weighted by Crippen LogP contribution is 2.28. The number of para-hydroxylation sites is 1. The Bertz CT molecular complexity index is 1090. The van der Waals surface area contributed by atoms with Crippen molar-refractivity contribution in [1.82, 2.24) is 20.1 Å². The molecule has 170 valence electrons. The molecule has 1 aromatic carbocycles. The number of hydrogen-bond donors (Lipinski definition) is 0. The van der Waals surface area contributed by atoms with Crippen LogP contribution in [0.25, 0.3) is 11.3 Å². The molecule has 2 fully saturated rings. The highest BCUT2D eigenvalue weighted by atomic mass is 35.5. The first-order valence-corrected chi connectivity index (χ1v) is 11.8. The van der Waals surface area contributed by atoms with Crippen molar-refractivity contribution in [1.29, 1.82) is 0 Å². The lowest BCUT2D eigenvalue weighted by Crippen LogP contribution is -2.52. The predicted octanol–water partition coefficient (Wildman–Crippen LogP) is 3.76. The molecule has 0 N–H and O–H groups in total. The molecular formula is C25H27ClN6O. The van der Waals surface area contributed by atoms with Crippen molar-refractivity contribution < 1.29 is 4.79 Å². The van der Waals surface area contributed by atoms with Gasteiger partial charge >= 0.3 is 0 Å². The molecule has 33 heavy (non-hydrogen) atoms. The van der Waals surface area contributed by atoms with Gasteiger partial charge in [-0.15, -0.1) is 10.2 Å². The van der Waals surface area contributed by atoms with Crippen molar-refractivity contribution in [3.8, 4) is 11.3 Å². The molecule has 2 saturated heterocycles. The van der Waals surface area contributed by atoms with Crippen LogP contribution in [0.3, 0.4) is 0 Å². The number of carbonyl (C=O) groups is 1. The molecule has 4 heterocycles. The Labute approximate surface area is 199 Å². The molecule has 0 spiro atoms. The smallest absolute Gasteiger partial charge is 0.227 e. The van der Waals surface area contributed by atoms with Gasteiger partial charge in [0.2, 0.25) is 5.91 Å². The number of hydrogen-bond acceptors (Lipinski definition) is 6. The van der Waals surface area contributed by atoms with Crippen LogP contribution in [0.4, 0.5) is 11.5 Å². The van der Waals surface area contributed by atoms with Gasteiger partial charge in [0.15, 0.2) is 5.82 Å². The zero-order valence-corrected chi connectivity index (χ0v) is 19.2. The third-order valence-electron chi connectivity index (χ3n) is 6.49. The van der Waals surface area contributed by atoms with E-state index in [0.29, 0.717) is 6.54 Å². The summed E-state index contributed by atoms with van der Waals surface area (Å²) in [5.74, 6) is 1.06. The molecule has 5 rings (SSSR count). The number of nitrogens with zero attached hydrogens (tertiary/aromatic N) is 6. The molecule has 1 amide bonds. The van der Waals surface area contributed by atoms with Gasteiger partial charge in [-0.1, -0.05) is 23.7 Å². The van der Waals surface area contributed by atoms with Crippen LogP contribution in [0.5, 0.6) is 0 Å². The highest BCUT2D eigenvalue weighted by Gasteiger charge is 2.32. The average molecular weight is 463 g/mol. The lowest BCUT2D eigenvalue weighted by Gasteiger charge is -2.40. The second kappa shape index (κ2) is 9.75. The van der Waals surface area contributed by atoms with E-state index < -0.39 is 0 Å². The van der Waals surface area contributed by atoms with Gasteiger partial charge in [-0.05, 0) is 49.2 Å². The van der Waals surface area contributed by atoms with Gasteiger partial charge in [0.05, 0.1) is 22.3 Å². The van der Waals surface area contributed by atoms with Gasteiger partial charge in [-0.2, -0.15) is 0 Å². The van der Waals surface area contributed by atoms with Crippen LogP contribution in [-0.2, 0) is 4.79 Å². The zero-order valence-electron chi connectivity index (χ0n) is 18.5. The molecule has 7 nitrogen and oxygen atoms in total. The minimum Gasteiger partial charge on any atom is -0.367 e. The number of aromatic nitrogens is 3. The summed E-state index contributed by atoms with van der Waals surface area (Å²) in [6.07, 6.45) is 5.42. The molecule has 2 aromatic heterocycles. The van der Waals surface area contributed by atoms with Crippen molar-refractivity contribution in [2.45, 2.75) is 12.8 Å². The number of piperazine rings is 1. The molecule has 2 aliphatic rings. The van der Waals surface area contributed by atoms with E-state index >= 15 is 0 Å². The second-order valence-corrected chi connectivity index (χ2v) is 8.97. The topological polar surface area (TPSA) is 65.5 Å². The number of anilines is 2. The SMILES string of the molecule is O=C(C1CCCN(c2ccc(-c3cccnc3)nn2)C1)N1CCN(c2ccccc2Cl)CC1. The molecule has 1 unspecified atom stereocenters. The minimum atomic E-state index is -0.00888. The number of carbonyl (C=O) groups excluding carboxylic acids is 1. The number of halogens is 1. The lowest BCUT2D eigenvalue weighted by molar-refractivity contribution is -0.136. The summed E-state index contributed by atoms with van der Waals surface area (Å²) in [5.41, 5.74) is 2.79. The fourth-order valence-corrected chi connectivity index (χ4v) is 4.94. The Hall–Kier alpha value is -3.19. The third kappa shape index (κ3) is 4.78. The monoisotopic (exact) mass is 462 g/mol. The fourth-order valence-electron chi connectivity index (χ4n) is 4.68. The van der Waals surface area contributed by atoms with E-state index in [1.165, 1.54) is 0 Å². The fraction of sp³-hybridized carbons (Fsp3) is 0.360. The summed E-state index contributed by atoms with van der Waals surface area (Å²) in [4.78, 5) is 23.9. The lowest BCUT2D eigenvalue weighted by atomic mass is 9.96. The number of rotatable bonds is 4. The van der Waals surface area contributed by atoms with E-state index in [1.807, 2.05) is 53.4 Å². The van der Waals surface area contributed by atoms with Gasteiger partial charge in [-0.25, -0.2) is 0 Å². The van der Waals surface area contributed by atoms with Crippen LogP contribution < -0.4 is 9.80 Å². The Balaban J connectivity index is 1.19. The van der Waals surface area contributed by atoms with Crippen molar-refractivity contribution in [3.63, 3.8) is 0 Å². The predicted molar refractivity (Wildman–Crippen MR) is 130 cm³/mol. The van der Waals surface area contributed by atoms with Gasteiger partial charge in [-0.3, -0.25) is 9.78 Å². The molecule has 0 aliphatic carbocycles. The second-order valence-electron chi connectivity index (χ2n) is 8.57. The zero-order chi connectivity index (χ0) is 22.6. The molecule has 8 heteroatoms. The molecule has 3 aromatic rings. The average Bonchev–Trinajstić information content (AvgIpc) is 2.89. The standard InChI is InChI=1S/C25H27ClN6O/c26-21-7-1-2-8-23(21)30-13-15-31(16-14-30)25(33)20-6-4-12-32(18-20)24-10-9-22(28-29-24)19-5-3-11-27-17-19/h1-3,5,7-11,17,20H,4,6,12-16,18H2. The van der Waals surface area contributed by atoms with Crippen LogP contribution in [0.1, 0.15) is 12.8 Å². The molecule has 0 radical (unpaired) electrons. The normalized spacial score (nSPS) is 18.9. The summed E-state index contributed by atoms with van der Waals surface area (Å²) in [7, 11) is 0. The third-order valence-corrected chi connectivity index (χ3v) is 6.81. The Morgan fingerprint density at radius 2 is 1.76 bits per heavy atom. The Kier molecular flexibility index (Phi) is 6.39. The summed E-state index contributed by atoms with van der Waals surface area (Å²) >= 11 is 6.36. The molecule has 0 bridgehead atoms. The van der Waals surface area contributed by atoms with Gasteiger partial charge in [0, 0.05) is 57.2 Å². The first-order chi connectivity index (χ1) is 16.2. The summed E-state index contributed by atoms with van der Waals surface area (Å²) in [6, 6.07) is 15.7. The van der Waals surface area contributed by atoms with E-state index in [1.54, 1.807) is 12.4 Å². The van der Waals surface area contributed by atoms with Crippen LogP contribution in [0.2, 0.25) is 5.02 Å². The summed E-state index contributed by atoms with van der Waals surface area (Å²) < 4.78 is 0. The van der Waals surface area contributed by atoms with E-state index in [-0.39, 0.29) is 11.8 Å². The molecule has 2 aliphatic heterocycles. The largest absolute Gasteiger partial charge is 0.367 e. The Morgan fingerprint density at radius 3 is 2.48 bits per heavy atom. The Morgan fingerprint density at radius 1 is 0.909 bits per heavy atom. The van der Waals surface area contributed by atoms with Crippen molar-refractivity contribution in [2.75, 3.05) is 49.1 Å². The number of piperidine rings is 1. The van der Waals surface area contributed by atoms with Gasteiger partial charge < -0.3 is 14.7 Å². The van der Waals surface area contributed by atoms with Gasteiger partial charge in [0.25, 0.3) is 0 Å². The van der Waals surface area contributed by atoms with E-state index in [2.05, 4.69) is 25.0 Å². The van der Waals surface area contributed by atoms with Crippen LogP contribution in [-0.4, -0.2) is 65.3 Å². The van der Waals surface area contributed by atoms with E-state index in [0.717, 1.165) is 73.4 Å². The first kappa shape index (κ1) is 21.6. The maximum atomic E-state index is 13.3. The summed E-state index contributed by atoms with van der Waals surface area (Å²) in [5, 5.41) is 9.59. The van der Waals surface area contributed by atoms with Gasteiger partial charge in [0.1, 0.15) is 0 Å². The number of benzene rings is 1. The number of pyridine rings is 1. The van der Waals surface area contributed by atoms with Crippen molar-refractivity contribution >= 4 is 29.0 Å². The maximum Gasteiger partial charge on any atom is 0.227 e. The highest BCUT2D eigenvalue weighted by molar-refractivity contribution is 6.33. The van der Waals surface area contributed by atoms with Crippen molar-refractivity contribution in [2.24, 2.45) is 5.92 Å². The number of amides is 1. The van der Waals surface area contributed by atoms with Crippen molar-refractivity contribution in [3.05, 3.63) is 65.9 Å². The first-order valence-electron chi connectivity index (χ1n) is 11.5. The maximum absolute atomic E-state index is 13.3.